The maximum Gasteiger partial charge on any atom is 0.0263 e. The summed E-state index contributed by atoms with van der Waals surface area (Å²) in [5.41, 5.74) is 0.393. The molecule has 3 fully saturated rings. The van der Waals surface area contributed by atoms with Crippen molar-refractivity contribution < 1.29 is 0 Å². The highest BCUT2D eigenvalue weighted by Crippen LogP contribution is 2.33. The SMILES string of the molecule is CNC1(C)CCN(C2CCN3CCCC23)CC1. The molecule has 2 atom stereocenters. The first kappa shape index (κ1) is 11.9. The van der Waals surface area contributed by atoms with E-state index in [2.05, 4.69) is 29.1 Å². The molecule has 0 bridgehead atoms. The lowest BCUT2D eigenvalue weighted by Gasteiger charge is -2.43. The summed E-state index contributed by atoms with van der Waals surface area (Å²) in [7, 11) is 2.12. The second-order valence-corrected chi connectivity index (χ2v) is 6.45. The Kier molecular flexibility index (Phi) is 3.18. The Morgan fingerprint density at radius 1 is 0.941 bits per heavy atom. The zero-order valence-electron chi connectivity index (χ0n) is 11.4. The lowest BCUT2D eigenvalue weighted by molar-refractivity contribution is 0.0938. The van der Waals surface area contributed by atoms with Gasteiger partial charge in [0.1, 0.15) is 0 Å². The molecule has 3 nitrogen and oxygen atoms in total. The third kappa shape index (κ3) is 2.13. The first-order chi connectivity index (χ1) is 8.22. The minimum Gasteiger partial charge on any atom is -0.314 e. The molecule has 0 spiro atoms. The molecular weight excluding hydrogens is 210 g/mol. The predicted molar refractivity (Wildman–Crippen MR) is 71.3 cm³/mol. The van der Waals surface area contributed by atoms with Gasteiger partial charge in [-0.05, 0) is 52.6 Å². The van der Waals surface area contributed by atoms with E-state index in [-0.39, 0.29) is 0 Å². The second kappa shape index (κ2) is 4.52. The van der Waals surface area contributed by atoms with Gasteiger partial charge in [-0.1, -0.05) is 0 Å². The standard InChI is InChI=1S/C14H27N3/c1-14(15-2)6-10-17(11-7-14)13-5-9-16-8-3-4-12(13)16/h12-13,15H,3-11H2,1-2H3. The van der Waals surface area contributed by atoms with Crippen molar-refractivity contribution >= 4 is 0 Å². The molecule has 0 amide bonds. The van der Waals surface area contributed by atoms with Gasteiger partial charge in [0.2, 0.25) is 0 Å². The van der Waals surface area contributed by atoms with Crippen LogP contribution in [0.3, 0.4) is 0 Å². The van der Waals surface area contributed by atoms with Crippen molar-refractivity contribution in [3.05, 3.63) is 0 Å². The van der Waals surface area contributed by atoms with Gasteiger partial charge < -0.3 is 5.32 Å². The molecule has 1 N–H and O–H groups in total. The Morgan fingerprint density at radius 3 is 2.29 bits per heavy atom. The summed E-state index contributed by atoms with van der Waals surface area (Å²) < 4.78 is 0. The van der Waals surface area contributed by atoms with Gasteiger partial charge in [0.25, 0.3) is 0 Å². The second-order valence-electron chi connectivity index (χ2n) is 6.45. The molecule has 3 heterocycles. The maximum absolute atomic E-state index is 3.50. The van der Waals surface area contributed by atoms with Gasteiger partial charge in [-0.3, -0.25) is 9.80 Å². The molecule has 17 heavy (non-hydrogen) atoms. The zero-order chi connectivity index (χ0) is 11.9. The fraction of sp³-hybridized carbons (Fsp3) is 1.00. The fourth-order valence-electron chi connectivity index (χ4n) is 4.08. The van der Waals surface area contributed by atoms with Gasteiger partial charge in [-0.15, -0.1) is 0 Å². The number of nitrogens with zero attached hydrogens (tertiary/aromatic N) is 2. The molecule has 0 aromatic heterocycles. The summed E-state index contributed by atoms with van der Waals surface area (Å²) >= 11 is 0. The van der Waals surface area contributed by atoms with Crippen LogP contribution in [0.2, 0.25) is 0 Å². The molecule has 0 radical (unpaired) electrons. The van der Waals surface area contributed by atoms with Crippen molar-refractivity contribution in [2.24, 2.45) is 0 Å². The van der Waals surface area contributed by atoms with Gasteiger partial charge in [-0.2, -0.15) is 0 Å². The van der Waals surface area contributed by atoms with Crippen LogP contribution in [-0.2, 0) is 0 Å². The van der Waals surface area contributed by atoms with E-state index < -0.39 is 0 Å². The highest BCUT2D eigenvalue weighted by molar-refractivity contribution is 4.99. The molecule has 3 saturated heterocycles. The van der Waals surface area contributed by atoms with Crippen molar-refractivity contribution in [3.63, 3.8) is 0 Å². The largest absolute Gasteiger partial charge is 0.314 e. The van der Waals surface area contributed by atoms with Gasteiger partial charge in [0.05, 0.1) is 0 Å². The monoisotopic (exact) mass is 237 g/mol. The van der Waals surface area contributed by atoms with Crippen LogP contribution < -0.4 is 5.32 Å². The van der Waals surface area contributed by atoms with Crippen LogP contribution in [0.4, 0.5) is 0 Å². The van der Waals surface area contributed by atoms with Crippen molar-refractivity contribution in [2.75, 3.05) is 33.2 Å². The van der Waals surface area contributed by atoms with E-state index in [1.807, 2.05) is 0 Å². The van der Waals surface area contributed by atoms with Crippen molar-refractivity contribution in [2.45, 2.75) is 56.7 Å². The molecule has 0 saturated carbocycles. The molecular formula is C14H27N3. The number of piperidine rings is 1. The van der Waals surface area contributed by atoms with E-state index in [0.717, 1.165) is 12.1 Å². The molecule has 3 heteroatoms. The first-order valence-electron chi connectivity index (χ1n) is 7.39. The van der Waals surface area contributed by atoms with Crippen molar-refractivity contribution in [3.8, 4) is 0 Å². The van der Waals surface area contributed by atoms with E-state index >= 15 is 0 Å². The van der Waals surface area contributed by atoms with Crippen LogP contribution in [0, 0.1) is 0 Å². The number of rotatable bonds is 2. The molecule has 0 aromatic carbocycles. The third-order valence-electron chi connectivity index (χ3n) is 5.54. The first-order valence-corrected chi connectivity index (χ1v) is 7.39. The minimum atomic E-state index is 0.393. The Hall–Kier alpha value is -0.120. The van der Waals surface area contributed by atoms with Gasteiger partial charge >= 0.3 is 0 Å². The fourth-order valence-corrected chi connectivity index (χ4v) is 4.08. The number of fused-ring (bicyclic) bond motifs is 1. The summed E-state index contributed by atoms with van der Waals surface area (Å²) in [5.74, 6) is 0. The summed E-state index contributed by atoms with van der Waals surface area (Å²) in [6.07, 6.45) is 6.92. The lowest BCUT2D eigenvalue weighted by atomic mass is 9.88. The van der Waals surface area contributed by atoms with Crippen LogP contribution in [-0.4, -0.2) is 60.6 Å². The van der Waals surface area contributed by atoms with E-state index in [4.69, 9.17) is 0 Å². The molecule has 0 aromatic rings. The third-order valence-corrected chi connectivity index (χ3v) is 5.54. The number of nitrogens with one attached hydrogen (secondary N) is 1. The summed E-state index contributed by atoms with van der Waals surface area (Å²) in [5, 5.41) is 3.50. The summed E-state index contributed by atoms with van der Waals surface area (Å²) in [4.78, 5) is 5.52. The molecule has 2 unspecified atom stereocenters. The molecule has 3 aliphatic heterocycles. The van der Waals surface area contributed by atoms with E-state index in [0.29, 0.717) is 5.54 Å². The van der Waals surface area contributed by atoms with E-state index in [9.17, 15) is 0 Å². The molecule has 3 aliphatic rings. The Bertz CT molecular complexity index is 271. The van der Waals surface area contributed by atoms with Gasteiger partial charge in [0, 0.05) is 37.3 Å². The topological polar surface area (TPSA) is 18.5 Å². The van der Waals surface area contributed by atoms with Crippen LogP contribution in [0.1, 0.15) is 39.0 Å². The Labute approximate surface area is 106 Å². The highest BCUT2D eigenvalue weighted by Gasteiger charge is 2.42. The Morgan fingerprint density at radius 2 is 1.59 bits per heavy atom. The van der Waals surface area contributed by atoms with Gasteiger partial charge in [-0.25, -0.2) is 0 Å². The number of likely N-dealkylation sites (tertiary alicyclic amines) is 1. The Balaban J connectivity index is 1.60. The van der Waals surface area contributed by atoms with E-state index in [1.165, 1.54) is 58.3 Å². The normalized spacial score (nSPS) is 38.5. The van der Waals surface area contributed by atoms with Crippen LogP contribution in [0.15, 0.2) is 0 Å². The average molecular weight is 237 g/mol. The number of hydrogen-bond acceptors (Lipinski definition) is 3. The van der Waals surface area contributed by atoms with Crippen molar-refractivity contribution in [1.82, 2.24) is 15.1 Å². The zero-order valence-corrected chi connectivity index (χ0v) is 11.4. The van der Waals surface area contributed by atoms with Crippen LogP contribution >= 0.6 is 0 Å². The van der Waals surface area contributed by atoms with Crippen molar-refractivity contribution in [1.29, 1.82) is 0 Å². The summed E-state index contributed by atoms with van der Waals surface area (Å²) in [6, 6.07) is 1.77. The average Bonchev–Trinajstić information content (AvgIpc) is 2.93. The van der Waals surface area contributed by atoms with E-state index in [1.54, 1.807) is 0 Å². The smallest absolute Gasteiger partial charge is 0.0263 e. The van der Waals surface area contributed by atoms with Gasteiger partial charge in [0.15, 0.2) is 0 Å². The quantitative estimate of drug-likeness (QED) is 0.781. The molecule has 98 valence electrons. The van der Waals surface area contributed by atoms with Crippen LogP contribution in [0.25, 0.3) is 0 Å². The summed E-state index contributed by atoms with van der Waals surface area (Å²) in [6.45, 7) is 7.69. The predicted octanol–water partition coefficient (Wildman–Crippen LogP) is 1.30. The minimum absolute atomic E-state index is 0.393. The van der Waals surface area contributed by atoms with Crippen LogP contribution in [0.5, 0.6) is 0 Å². The lowest BCUT2D eigenvalue weighted by Crippen LogP contribution is -2.54. The highest BCUT2D eigenvalue weighted by atomic mass is 15.3. The molecule has 3 rings (SSSR count). The number of hydrogen-bond donors (Lipinski definition) is 1. The maximum atomic E-state index is 3.50. The molecule has 0 aliphatic carbocycles.